The van der Waals surface area contributed by atoms with Gasteiger partial charge in [0, 0.05) is 24.3 Å². The van der Waals surface area contributed by atoms with Gasteiger partial charge in [0.05, 0.1) is 5.56 Å². The van der Waals surface area contributed by atoms with Crippen molar-refractivity contribution in [2.24, 2.45) is 11.7 Å². The van der Waals surface area contributed by atoms with E-state index in [2.05, 4.69) is 15.6 Å². The van der Waals surface area contributed by atoms with Crippen molar-refractivity contribution < 1.29 is 14.4 Å². The van der Waals surface area contributed by atoms with E-state index in [1.54, 1.807) is 0 Å². The van der Waals surface area contributed by atoms with E-state index in [1.807, 2.05) is 24.3 Å². The number of hydrogen-bond acceptors (Lipinski definition) is 4. The van der Waals surface area contributed by atoms with Gasteiger partial charge in [0.15, 0.2) is 0 Å². The van der Waals surface area contributed by atoms with Crippen LogP contribution in [0.25, 0.3) is 0 Å². The highest BCUT2D eigenvalue weighted by Gasteiger charge is 2.22. The zero-order valence-electron chi connectivity index (χ0n) is 14.9. The second kappa shape index (κ2) is 8.44. The normalized spacial score (nSPS) is 13.9. The fraction of sp³-hybridized carbons (Fsp3) is 0.300. The van der Waals surface area contributed by atoms with Crippen LogP contribution in [0.5, 0.6) is 0 Å². The molecule has 0 radical (unpaired) electrons. The van der Waals surface area contributed by atoms with Gasteiger partial charge >= 0.3 is 0 Å². The Bertz CT molecular complexity index is 843. The summed E-state index contributed by atoms with van der Waals surface area (Å²) >= 11 is 0. The average Bonchev–Trinajstić information content (AvgIpc) is 3.21. The number of carbonyl (C=O) groups is 3. The molecule has 0 aliphatic heterocycles. The van der Waals surface area contributed by atoms with Crippen LogP contribution in [-0.2, 0) is 11.3 Å². The van der Waals surface area contributed by atoms with Gasteiger partial charge in [-0.1, -0.05) is 25.0 Å². The molecule has 0 bridgehead atoms. The zero-order valence-corrected chi connectivity index (χ0v) is 14.9. The molecular weight excluding hydrogens is 344 g/mol. The van der Waals surface area contributed by atoms with E-state index in [4.69, 9.17) is 5.73 Å². The predicted octanol–water partition coefficient (Wildman–Crippen LogP) is 2.24. The number of primary amides is 1. The van der Waals surface area contributed by atoms with Crippen molar-refractivity contribution in [2.45, 2.75) is 32.2 Å². The largest absolute Gasteiger partial charge is 0.366 e. The van der Waals surface area contributed by atoms with Gasteiger partial charge in [0.1, 0.15) is 5.69 Å². The van der Waals surface area contributed by atoms with Gasteiger partial charge < -0.3 is 16.4 Å². The Morgan fingerprint density at radius 2 is 1.89 bits per heavy atom. The standard InChI is InChI=1S/C20H22N4O3/c21-18(25)15-8-9-17(22-12-15)20(27)23-11-13-4-3-7-16(10-13)24-19(26)14-5-1-2-6-14/h3-4,7-10,12,14H,1-2,5-6,11H2,(H2,21,25)(H,23,27)(H,24,26). The molecule has 1 aliphatic carbocycles. The first-order valence-electron chi connectivity index (χ1n) is 8.97. The minimum absolute atomic E-state index is 0.0624. The van der Waals surface area contributed by atoms with E-state index < -0.39 is 5.91 Å². The third kappa shape index (κ3) is 4.91. The molecule has 3 amide bonds. The maximum absolute atomic E-state index is 12.2. The van der Waals surface area contributed by atoms with Crippen LogP contribution in [0, 0.1) is 5.92 Å². The average molecular weight is 366 g/mol. The number of rotatable bonds is 6. The van der Waals surface area contributed by atoms with Crippen LogP contribution >= 0.6 is 0 Å². The first-order valence-corrected chi connectivity index (χ1v) is 8.97. The number of amides is 3. The maximum atomic E-state index is 12.2. The molecule has 1 aliphatic rings. The molecule has 1 heterocycles. The highest BCUT2D eigenvalue weighted by Crippen LogP contribution is 2.26. The fourth-order valence-electron chi connectivity index (χ4n) is 3.14. The second-order valence-electron chi connectivity index (χ2n) is 6.65. The molecule has 0 atom stereocenters. The molecule has 0 spiro atoms. The van der Waals surface area contributed by atoms with Crippen molar-refractivity contribution in [1.29, 1.82) is 0 Å². The lowest BCUT2D eigenvalue weighted by atomic mass is 10.1. The molecule has 1 aromatic heterocycles. The number of benzene rings is 1. The van der Waals surface area contributed by atoms with Crippen LogP contribution in [-0.4, -0.2) is 22.7 Å². The quantitative estimate of drug-likeness (QED) is 0.727. The molecule has 4 N–H and O–H groups in total. The van der Waals surface area contributed by atoms with Gasteiger partial charge in [-0.15, -0.1) is 0 Å². The third-order valence-electron chi connectivity index (χ3n) is 4.65. The minimum Gasteiger partial charge on any atom is -0.366 e. The molecule has 7 nitrogen and oxygen atoms in total. The summed E-state index contributed by atoms with van der Waals surface area (Å²) in [7, 11) is 0. The highest BCUT2D eigenvalue weighted by atomic mass is 16.2. The van der Waals surface area contributed by atoms with Crippen LogP contribution in [0.1, 0.15) is 52.1 Å². The van der Waals surface area contributed by atoms with Crippen molar-refractivity contribution in [3.05, 3.63) is 59.4 Å². The molecule has 2 aromatic rings. The molecule has 3 rings (SSSR count). The lowest BCUT2D eigenvalue weighted by Crippen LogP contribution is -2.24. The number of hydrogen-bond donors (Lipinski definition) is 3. The summed E-state index contributed by atoms with van der Waals surface area (Å²) in [5.74, 6) is -0.785. The Morgan fingerprint density at radius 1 is 1.11 bits per heavy atom. The molecule has 1 fully saturated rings. The number of anilines is 1. The predicted molar refractivity (Wildman–Crippen MR) is 101 cm³/mol. The van der Waals surface area contributed by atoms with Crippen LogP contribution in [0.3, 0.4) is 0 Å². The monoisotopic (exact) mass is 366 g/mol. The van der Waals surface area contributed by atoms with E-state index in [0.717, 1.165) is 36.9 Å². The molecular formula is C20H22N4O3. The summed E-state index contributed by atoms with van der Waals surface area (Å²) in [5, 5.41) is 5.72. The summed E-state index contributed by atoms with van der Waals surface area (Å²) in [6.45, 7) is 0.297. The van der Waals surface area contributed by atoms with Gasteiger partial charge in [-0.05, 0) is 42.7 Å². The Balaban J connectivity index is 1.56. The van der Waals surface area contributed by atoms with Crippen LogP contribution in [0.15, 0.2) is 42.6 Å². The van der Waals surface area contributed by atoms with Crippen molar-refractivity contribution in [3.63, 3.8) is 0 Å². The van der Waals surface area contributed by atoms with Crippen LogP contribution in [0.2, 0.25) is 0 Å². The number of pyridine rings is 1. The van der Waals surface area contributed by atoms with Gasteiger partial charge in [0.2, 0.25) is 11.8 Å². The Morgan fingerprint density at radius 3 is 2.56 bits per heavy atom. The number of nitrogens with two attached hydrogens (primary N) is 1. The fourth-order valence-corrected chi connectivity index (χ4v) is 3.14. The van der Waals surface area contributed by atoms with E-state index >= 15 is 0 Å². The molecule has 27 heavy (non-hydrogen) atoms. The second-order valence-corrected chi connectivity index (χ2v) is 6.65. The van der Waals surface area contributed by atoms with Crippen molar-refractivity contribution in [2.75, 3.05) is 5.32 Å². The van der Waals surface area contributed by atoms with E-state index in [9.17, 15) is 14.4 Å². The highest BCUT2D eigenvalue weighted by molar-refractivity contribution is 5.95. The molecule has 0 unspecified atom stereocenters. The number of nitrogens with one attached hydrogen (secondary N) is 2. The van der Waals surface area contributed by atoms with Crippen molar-refractivity contribution >= 4 is 23.4 Å². The summed E-state index contributed by atoms with van der Waals surface area (Å²) in [4.78, 5) is 39.4. The van der Waals surface area contributed by atoms with Crippen molar-refractivity contribution in [1.82, 2.24) is 10.3 Å². The summed E-state index contributed by atoms with van der Waals surface area (Å²) in [6.07, 6.45) is 5.39. The van der Waals surface area contributed by atoms with Crippen LogP contribution in [0.4, 0.5) is 5.69 Å². The first-order chi connectivity index (χ1) is 13.0. The van der Waals surface area contributed by atoms with E-state index in [-0.39, 0.29) is 29.0 Å². The molecule has 7 heteroatoms. The molecule has 0 saturated heterocycles. The first kappa shape index (κ1) is 18.6. The lowest BCUT2D eigenvalue weighted by molar-refractivity contribution is -0.119. The number of nitrogens with zero attached hydrogens (tertiary/aromatic N) is 1. The minimum atomic E-state index is -0.592. The smallest absolute Gasteiger partial charge is 0.270 e. The zero-order chi connectivity index (χ0) is 19.2. The lowest BCUT2D eigenvalue weighted by Gasteiger charge is -2.12. The Hall–Kier alpha value is -3.22. The number of carbonyl (C=O) groups excluding carboxylic acids is 3. The van der Waals surface area contributed by atoms with Crippen LogP contribution < -0.4 is 16.4 Å². The summed E-state index contributed by atoms with van der Waals surface area (Å²) < 4.78 is 0. The third-order valence-corrected chi connectivity index (χ3v) is 4.65. The Kier molecular flexibility index (Phi) is 5.80. The molecule has 1 aromatic carbocycles. The van der Waals surface area contributed by atoms with Gasteiger partial charge in [-0.25, -0.2) is 0 Å². The Labute approximate surface area is 157 Å². The van der Waals surface area contributed by atoms with Gasteiger partial charge in [0.25, 0.3) is 5.91 Å². The number of aromatic nitrogens is 1. The van der Waals surface area contributed by atoms with Crippen molar-refractivity contribution in [3.8, 4) is 0 Å². The SMILES string of the molecule is NC(=O)c1ccc(C(=O)NCc2cccc(NC(=O)C3CCCC3)c2)nc1. The maximum Gasteiger partial charge on any atom is 0.270 e. The molecule has 140 valence electrons. The van der Waals surface area contributed by atoms with Gasteiger partial charge in [-0.2, -0.15) is 0 Å². The summed E-state index contributed by atoms with van der Waals surface area (Å²) in [6, 6.07) is 10.3. The van der Waals surface area contributed by atoms with Gasteiger partial charge in [-0.3, -0.25) is 19.4 Å². The van der Waals surface area contributed by atoms with E-state index in [0.29, 0.717) is 6.54 Å². The summed E-state index contributed by atoms with van der Waals surface area (Å²) in [5.41, 5.74) is 7.19. The molecule has 1 saturated carbocycles. The topological polar surface area (TPSA) is 114 Å². The van der Waals surface area contributed by atoms with E-state index in [1.165, 1.54) is 18.3 Å².